The maximum atomic E-state index is 12.6. The van der Waals surface area contributed by atoms with Crippen molar-refractivity contribution < 1.29 is 41.3 Å². The molecule has 0 amide bonds. The number of carbonyl (C=O) groups excluding carboxylic acids is 1. The van der Waals surface area contributed by atoms with Crippen LogP contribution >= 0.6 is 40.5 Å². The van der Waals surface area contributed by atoms with Gasteiger partial charge in [-0.25, -0.2) is 9.48 Å². The summed E-state index contributed by atoms with van der Waals surface area (Å²) >= 11 is 3.34. The van der Waals surface area contributed by atoms with Crippen molar-refractivity contribution in [2.75, 3.05) is 47.5 Å². The quantitative estimate of drug-likeness (QED) is 0.121. The number of para-hydroxylation sites is 2. The summed E-state index contributed by atoms with van der Waals surface area (Å²) in [6.07, 6.45) is 0. The van der Waals surface area contributed by atoms with E-state index in [0.29, 0.717) is 17.7 Å². The highest BCUT2D eigenvalue weighted by Crippen LogP contribution is 2.38. The third kappa shape index (κ3) is 8.43. The van der Waals surface area contributed by atoms with Crippen LogP contribution in [0.2, 0.25) is 0 Å². The van der Waals surface area contributed by atoms with Crippen LogP contribution in [-0.4, -0.2) is 73.3 Å². The molecule has 0 radical (unpaired) electrons. The van der Waals surface area contributed by atoms with Gasteiger partial charge >= 0.3 is 5.17 Å². The highest BCUT2D eigenvalue weighted by Gasteiger charge is 2.54. The van der Waals surface area contributed by atoms with Gasteiger partial charge < -0.3 is 27.0 Å². The first-order chi connectivity index (χ1) is 23.2. The number of ketones is 1. The van der Waals surface area contributed by atoms with Crippen molar-refractivity contribution in [2.45, 2.75) is 5.72 Å². The molecule has 260 valence electrons. The summed E-state index contributed by atoms with van der Waals surface area (Å²) < 4.78 is 1.99. The highest BCUT2D eigenvalue weighted by atomic mass is 79.9. The molecule has 1 unspecified atom stereocenters. The minimum absolute atomic E-state index is 0. The van der Waals surface area contributed by atoms with E-state index in [9.17, 15) is 30.1 Å². The molecule has 0 saturated heterocycles. The predicted octanol–water partition coefficient (Wildman–Crippen LogP) is 3.34. The summed E-state index contributed by atoms with van der Waals surface area (Å²) in [4.78, 5) is 41.7. The van der Waals surface area contributed by atoms with Crippen LogP contribution < -0.4 is 26.8 Å². The lowest BCUT2D eigenvalue weighted by Crippen LogP contribution is -3.00. The number of β-amino-alcohol motifs (C(OH)–C–C–N with tert-alkyl or cyclic N) is 1. The molecule has 3 heterocycles. The number of aliphatic hydroxyl groups is 1. The van der Waals surface area contributed by atoms with E-state index >= 15 is 0 Å². The van der Waals surface area contributed by atoms with Gasteiger partial charge in [-0.05, 0) is 60.3 Å². The topological polar surface area (TPSA) is 145 Å². The number of rotatable bonds is 8. The number of anilines is 2. The van der Waals surface area contributed by atoms with E-state index in [1.54, 1.807) is 35.7 Å². The molecule has 0 spiro atoms. The lowest BCUT2D eigenvalue weighted by molar-refractivity contribution is -0.650. The van der Waals surface area contributed by atoms with E-state index in [1.807, 2.05) is 70.1 Å². The first-order valence-corrected chi connectivity index (χ1v) is 17.1. The fourth-order valence-corrected chi connectivity index (χ4v) is 7.67. The zero-order valence-corrected chi connectivity index (χ0v) is 31.3. The number of amidine groups is 2. The number of thioether (sulfide) groups is 2. The molecule has 1 atom stereocenters. The summed E-state index contributed by atoms with van der Waals surface area (Å²) in [5.41, 5.74) is 1.88. The summed E-state index contributed by atoms with van der Waals surface area (Å²) in [5, 5.41) is 34.8. The summed E-state index contributed by atoms with van der Waals surface area (Å²) in [6.45, 7) is 2.04. The number of benzene rings is 4. The normalized spacial score (nSPS) is 17.4. The minimum Gasteiger partial charge on any atom is -1.00 e. The highest BCUT2D eigenvalue weighted by molar-refractivity contribution is 8.93. The average molecular weight is 845 g/mol. The van der Waals surface area contributed by atoms with Crippen molar-refractivity contribution >= 4 is 79.4 Å². The Morgan fingerprint density at radius 2 is 1.44 bits per heavy atom. The van der Waals surface area contributed by atoms with Crippen LogP contribution in [0.15, 0.2) is 114 Å². The van der Waals surface area contributed by atoms with Crippen LogP contribution in [0.25, 0.3) is 0 Å². The third-order valence-corrected chi connectivity index (χ3v) is 10.1. The number of hydrogen-bond acceptors (Lipinski definition) is 11. The Bertz CT molecular complexity index is 1890. The molecule has 1 N–H and O–H groups in total. The molecule has 0 bridgehead atoms. The number of non-ortho nitro benzene ring substituents is 2. The largest absolute Gasteiger partial charge is 1.00 e. The summed E-state index contributed by atoms with van der Waals surface area (Å²) in [5.74, 6) is 1.71. The van der Waals surface area contributed by atoms with Crippen molar-refractivity contribution in [3.63, 3.8) is 0 Å². The van der Waals surface area contributed by atoms with Gasteiger partial charge in [-0.2, -0.15) is 0 Å². The number of hydrogen-bond donors (Lipinski definition) is 1. The SMILES string of the molecule is Br.O=C(CN(C1=NCCS1)c1ccccc1)c1ccc([N+](=O)[O-])cc1.O=[N+]([O-])c1ccc(C2(O)CN(c3ccccc3)C3=[N+]2CCS3)cc1.[Br-]. The summed E-state index contributed by atoms with van der Waals surface area (Å²) in [7, 11) is 0. The number of nitro benzene ring substituents is 2. The molecule has 16 heteroatoms. The molecule has 0 aliphatic carbocycles. The number of Topliss-reactive ketones (excluding diaryl/α,β-unsaturated/α-hetero) is 1. The van der Waals surface area contributed by atoms with Crippen LogP contribution in [0.3, 0.4) is 0 Å². The van der Waals surface area contributed by atoms with Crippen molar-refractivity contribution in [2.24, 2.45) is 4.99 Å². The number of aliphatic imine (C=N–C) groups is 1. The lowest BCUT2D eigenvalue weighted by Gasteiger charge is -2.23. The monoisotopic (exact) mass is 842 g/mol. The second-order valence-corrected chi connectivity index (χ2v) is 13.1. The van der Waals surface area contributed by atoms with E-state index in [0.717, 1.165) is 46.3 Å². The van der Waals surface area contributed by atoms with Gasteiger partial charge in [0, 0.05) is 52.6 Å². The smallest absolute Gasteiger partial charge is 0.316 e. The first kappa shape index (κ1) is 38.7. The Kier molecular flexibility index (Phi) is 13.3. The summed E-state index contributed by atoms with van der Waals surface area (Å²) in [6, 6.07) is 31.4. The van der Waals surface area contributed by atoms with Gasteiger partial charge in [0.1, 0.15) is 5.69 Å². The van der Waals surface area contributed by atoms with Gasteiger partial charge in [0.2, 0.25) is 0 Å². The molecule has 4 aromatic carbocycles. The molecule has 0 fully saturated rings. The van der Waals surface area contributed by atoms with E-state index in [1.165, 1.54) is 36.4 Å². The maximum Gasteiger partial charge on any atom is 0.316 e. The molecule has 0 aromatic heterocycles. The van der Waals surface area contributed by atoms with Crippen LogP contribution in [0.4, 0.5) is 22.7 Å². The second kappa shape index (κ2) is 17.2. The van der Waals surface area contributed by atoms with Crippen molar-refractivity contribution in [3.05, 3.63) is 141 Å². The number of nitro groups is 2. The second-order valence-electron chi connectivity index (χ2n) is 11.0. The van der Waals surface area contributed by atoms with Gasteiger partial charge in [0.15, 0.2) is 17.5 Å². The predicted molar refractivity (Wildman–Crippen MR) is 200 cm³/mol. The number of halogens is 2. The molecule has 3 aliphatic rings. The van der Waals surface area contributed by atoms with E-state index in [-0.39, 0.29) is 57.7 Å². The molecule has 4 aromatic rings. The van der Waals surface area contributed by atoms with Crippen molar-refractivity contribution in [3.8, 4) is 0 Å². The molecule has 12 nitrogen and oxygen atoms in total. The molecule has 0 saturated carbocycles. The van der Waals surface area contributed by atoms with Gasteiger partial charge in [-0.1, -0.05) is 48.2 Å². The Balaban J connectivity index is 0.000000216. The van der Waals surface area contributed by atoms with Crippen molar-refractivity contribution in [1.82, 2.24) is 0 Å². The van der Waals surface area contributed by atoms with E-state index in [2.05, 4.69) is 9.89 Å². The molecular formula is C34H32Br2N6O6S2. The Morgan fingerprint density at radius 3 is 2.00 bits per heavy atom. The molecular weight excluding hydrogens is 812 g/mol. The van der Waals surface area contributed by atoms with Crippen LogP contribution in [0.5, 0.6) is 0 Å². The van der Waals surface area contributed by atoms with Gasteiger partial charge in [0.25, 0.3) is 17.1 Å². The van der Waals surface area contributed by atoms with Crippen molar-refractivity contribution in [1.29, 1.82) is 0 Å². The third-order valence-electron chi connectivity index (χ3n) is 8.01. The van der Waals surface area contributed by atoms with E-state index in [4.69, 9.17) is 0 Å². The first-order valence-electron chi connectivity index (χ1n) is 15.1. The van der Waals surface area contributed by atoms with Gasteiger partial charge in [-0.3, -0.25) is 30.0 Å². The zero-order valence-electron chi connectivity index (χ0n) is 26.4. The molecule has 50 heavy (non-hydrogen) atoms. The lowest BCUT2D eigenvalue weighted by atomic mass is 10.0. The maximum absolute atomic E-state index is 12.6. The van der Waals surface area contributed by atoms with Crippen LogP contribution in [0.1, 0.15) is 15.9 Å². The fourth-order valence-electron chi connectivity index (χ4n) is 5.62. The van der Waals surface area contributed by atoms with Gasteiger partial charge in [0.05, 0.1) is 29.5 Å². The minimum atomic E-state index is -1.18. The Labute approximate surface area is 317 Å². The fraction of sp³-hybridized carbons (Fsp3) is 0.206. The van der Waals surface area contributed by atoms with Crippen LogP contribution in [0, 0.1) is 20.2 Å². The molecule has 7 rings (SSSR count). The van der Waals surface area contributed by atoms with Crippen LogP contribution in [-0.2, 0) is 5.72 Å². The van der Waals surface area contributed by atoms with Gasteiger partial charge in [-0.15, -0.1) is 17.0 Å². The average Bonchev–Trinajstić information content (AvgIpc) is 3.89. The molecule has 3 aliphatic heterocycles. The number of nitrogens with zero attached hydrogens (tertiary/aromatic N) is 6. The van der Waals surface area contributed by atoms with E-state index < -0.39 is 15.6 Å². The Hall–Kier alpha value is -4.09. The standard InChI is InChI=1S/C17H16N3O3S.C17H15N3O3S.2BrH/c21-17(13-6-8-15(9-7-13)20(22)23)12-18(14-4-2-1-3-5-14)16-19(17)10-11-24-16;21-16(13-6-8-15(9-7-13)20(22)23)12-19(17-18-10-11-24-17)14-4-2-1-3-5-14;;/h1-9,21H,10-12H2;1-9H,10-12H2;2*1H/q+1;;;/p-1. The number of carbonyl (C=O) groups is 1. The zero-order chi connectivity index (χ0) is 33.7. The Morgan fingerprint density at radius 1 is 0.860 bits per heavy atom.